The fourth-order valence-corrected chi connectivity index (χ4v) is 5.33. The molecule has 2 saturated heterocycles. The number of pyridine rings is 1. The van der Waals surface area contributed by atoms with Gasteiger partial charge >= 0.3 is 0 Å². The Balaban J connectivity index is 1.20. The first-order chi connectivity index (χ1) is 16.8. The summed E-state index contributed by atoms with van der Waals surface area (Å²) in [4.78, 5) is 25.2. The first-order valence-electron chi connectivity index (χ1n) is 11.9. The number of halogens is 1. The Bertz CT molecular complexity index is 1270. The first kappa shape index (κ1) is 21.6. The van der Waals surface area contributed by atoms with Crippen LogP contribution in [0.25, 0.3) is 16.7 Å². The smallest absolute Gasteiger partial charge is 0.182 e. The summed E-state index contributed by atoms with van der Waals surface area (Å²) >= 11 is 6.64. The number of rotatable bonds is 7. The third-order valence-corrected chi connectivity index (χ3v) is 7.07. The molecule has 0 bridgehead atoms. The topological polar surface area (TPSA) is 99.5 Å². The van der Waals surface area contributed by atoms with Gasteiger partial charge in [-0.3, -0.25) is 9.30 Å². The molecule has 2 N–H and O–H groups in total. The number of H-pyrrole nitrogens is 1. The number of imidazole rings is 2. The highest BCUT2D eigenvalue weighted by atomic mass is 35.5. The molecule has 2 aliphatic rings. The zero-order valence-electron chi connectivity index (χ0n) is 19.0. The van der Waals surface area contributed by atoms with E-state index in [9.17, 15) is 0 Å². The molecule has 1 atom stereocenters. The maximum absolute atomic E-state index is 6.64. The minimum Gasteiger partial charge on any atom is -0.377 e. The molecule has 0 spiro atoms. The van der Waals surface area contributed by atoms with Crippen molar-refractivity contribution in [3.63, 3.8) is 0 Å². The summed E-state index contributed by atoms with van der Waals surface area (Å²) in [7, 11) is 0. The van der Waals surface area contributed by atoms with E-state index in [2.05, 4.69) is 50.5 Å². The zero-order chi connectivity index (χ0) is 22.9. The van der Waals surface area contributed by atoms with Crippen LogP contribution < -0.4 is 10.2 Å². The van der Waals surface area contributed by atoms with Crippen LogP contribution in [0.5, 0.6) is 0 Å². The molecule has 34 heavy (non-hydrogen) atoms. The predicted octanol–water partition coefficient (Wildman–Crippen LogP) is 2.61. The number of nitrogens with one attached hydrogen (secondary N) is 2. The van der Waals surface area contributed by atoms with Crippen molar-refractivity contribution in [3.05, 3.63) is 41.8 Å². The molecule has 0 saturated carbocycles. The molecule has 0 radical (unpaired) electrons. The molecule has 4 aromatic rings. The minimum atomic E-state index is 0.396. The summed E-state index contributed by atoms with van der Waals surface area (Å²) in [5.41, 5.74) is 3.59. The second kappa shape index (κ2) is 9.36. The number of hydrogen-bond acceptors (Lipinski definition) is 8. The van der Waals surface area contributed by atoms with Gasteiger partial charge in [0.25, 0.3) is 0 Å². The van der Waals surface area contributed by atoms with Gasteiger partial charge in [0.2, 0.25) is 0 Å². The molecular formula is C23H28ClN9O. The second-order valence-electron chi connectivity index (χ2n) is 8.91. The molecule has 11 heteroatoms. The molecule has 6 rings (SSSR count). The van der Waals surface area contributed by atoms with Gasteiger partial charge in [-0.25, -0.2) is 19.9 Å². The van der Waals surface area contributed by atoms with Gasteiger partial charge in [0.1, 0.15) is 24.0 Å². The monoisotopic (exact) mass is 481 g/mol. The van der Waals surface area contributed by atoms with Crippen LogP contribution in [0, 0.1) is 0 Å². The number of hydrogen-bond donors (Lipinski definition) is 2. The van der Waals surface area contributed by atoms with E-state index in [4.69, 9.17) is 16.3 Å². The number of anilines is 2. The lowest BCUT2D eigenvalue weighted by molar-refractivity contribution is 0.0712. The van der Waals surface area contributed by atoms with Crippen LogP contribution >= 0.6 is 11.6 Å². The maximum atomic E-state index is 6.64. The maximum Gasteiger partial charge on any atom is 0.182 e. The Morgan fingerprint density at radius 1 is 1.18 bits per heavy atom. The fraction of sp³-hybridized carbons (Fsp3) is 0.478. The molecule has 2 fully saturated rings. The van der Waals surface area contributed by atoms with E-state index >= 15 is 0 Å². The van der Waals surface area contributed by atoms with Crippen molar-refractivity contribution < 1.29 is 4.74 Å². The van der Waals surface area contributed by atoms with E-state index < -0.39 is 0 Å². The van der Waals surface area contributed by atoms with Crippen LogP contribution in [0.2, 0.25) is 5.02 Å². The number of aromatic nitrogens is 6. The van der Waals surface area contributed by atoms with E-state index in [-0.39, 0.29) is 0 Å². The van der Waals surface area contributed by atoms with E-state index in [1.54, 1.807) is 6.33 Å². The van der Waals surface area contributed by atoms with Gasteiger partial charge in [-0.2, -0.15) is 0 Å². The Kier molecular flexibility index (Phi) is 5.94. The fourth-order valence-electron chi connectivity index (χ4n) is 5.06. The molecule has 178 valence electrons. The van der Waals surface area contributed by atoms with Crippen molar-refractivity contribution in [1.29, 1.82) is 0 Å². The van der Waals surface area contributed by atoms with Crippen LogP contribution in [-0.4, -0.2) is 86.2 Å². The van der Waals surface area contributed by atoms with Crippen LogP contribution in [0.1, 0.15) is 18.4 Å². The van der Waals surface area contributed by atoms with Gasteiger partial charge < -0.3 is 19.9 Å². The highest BCUT2D eigenvalue weighted by molar-refractivity contribution is 6.34. The normalized spacial score (nSPS) is 19.4. The molecule has 10 nitrogen and oxygen atoms in total. The van der Waals surface area contributed by atoms with Gasteiger partial charge in [-0.05, 0) is 30.9 Å². The van der Waals surface area contributed by atoms with Crippen molar-refractivity contribution >= 4 is 39.9 Å². The number of fused-ring (bicyclic) bond motifs is 2. The SMILES string of the molecule is Clc1cc(CCNc2ncnc3nc[nH]c23)c(N2CCN(CC3CCCO3)CC2)n2cncc12. The lowest BCUT2D eigenvalue weighted by Crippen LogP contribution is -2.49. The highest BCUT2D eigenvalue weighted by Gasteiger charge is 2.25. The molecular weight excluding hydrogens is 454 g/mol. The lowest BCUT2D eigenvalue weighted by atomic mass is 10.1. The Morgan fingerprint density at radius 3 is 2.94 bits per heavy atom. The van der Waals surface area contributed by atoms with Crippen LogP contribution in [0.15, 0.2) is 31.2 Å². The van der Waals surface area contributed by atoms with Crippen molar-refractivity contribution in [2.45, 2.75) is 25.4 Å². The van der Waals surface area contributed by atoms with Crippen LogP contribution in [-0.2, 0) is 11.2 Å². The molecule has 0 amide bonds. The van der Waals surface area contributed by atoms with Gasteiger partial charge in [-0.15, -0.1) is 0 Å². The number of nitrogens with zero attached hydrogens (tertiary/aromatic N) is 7. The van der Waals surface area contributed by atoms with Crippen molar-refractivity contribution in [1.82, 2.24) is 34.2 Å². The van der Waals surface area contributed by atoms with Crippen LogP contribution in [0.3, 0.4) is 0 Å². The van der Waals surface area contributed by atoms with Crippen molar-refractivity contribution in [2.75, 3.05) is 56.1 Å². The van der Waals surface area contributed by atoms with E-state index in [0.717, 1.165) is 62.6 Å². The molecule has 0 aromatic carbocycles. The summed E-state index contributed by atoms with van der Waals surface area (Å²) in [6.45, 7) is 6.61. The summed E-state index contributed by atoms with van der Waals surface area (Å²) < 4.78 is 7.97. The Labute approximate surface area is 202 Å². The van der Waals surface area contributed by atoms with E-state index in [1.165, 1.54) is 30.6 Å². The average Bonchev–Trinajstić information content (AvgIpc) is 3.62. The number of aromatic amines is 1. The summed E-state index contributed by atoms with van der Waals surface area (Å²) in [5.74, 6) is 1.92. The molecule has 4 aromatic heterocycles. The standard InChI is InChI=1S/C23H28ClN9O/c24-18-10-16(3-4-26-21-20-22(28-13-27-20)30-14-29-21)23(33-15-25-11-19(18)33)32-7-5-31(6-8-32)12-17-2-1-9-34-17/h10-11,13-15,17H,1-9,12H2,(H2,26,27,28,29,30). The lowest BCUT2D eigenvalue weighted by Gasteiger charge is -2.38. The highest BCUT2D eigenvalue weighted by Crippen LogP contribution is 2.30. The summed E-state index contributed by atoms with van der Waals surface area (Å²) in [6.07, 6.45) is 10.4. The summed E-state index contributed by atoms with van der Waals surface area (Å²) in [6, 6.07) is 2.08. The van der Waals surface area contributed by atoms with Gasteiger partial charge in [-0.1, -0.05) is 11.6 Å². The molecule has 1 unspecified atom stereocenters. The van der Waals surface area contributed by atoms with E-state index in [0.29, 0.717) is 23.3 Å². The third kappa shape index (κ3) is 4.17. The average molecular weight is 482 g/mol. The molecule has 2 aliphatic heterocycles. The Morgan fingerprint density at radius 2 is 2.09 bits per heavy atom. The largest absolute Gasteiger partial charge is 0.377 e. The predicted molar refractivity (Wildman–Crippen MR) is 132 cm³/mol. The minimum absolute atomic E-state index is 0.396. The van der Waals surface area contributed by atoms with Gasteiger partial charge in [0, 0.05) is 45.9 Å². The quantitative estimate of drug-likeness (QED) is 0.415. The summed E-state index contributed by atoms with van der Waals surface area (Å²) in [5, 5.41) is 4.14. The second-order valence-corrected chi connectivity index (χ2v) is 9.32. The number of piperazine rings is 1. The van der Waals surface area contributed by atoms with Gasteiger partial charge in [0.15, 0.2) is 11.5 Å². The molecule has 6 heterocycles. The molecule has 0 aliphatic carbocycles. The zero-order valence-corrected chi connectivity index (χ0v) is 19.7. The first-order valence-corrected chi connectivity index (χ1v) is 12.2. The number of ether oxygens (including phenoxy) is 1. The van der Waals surface area contributed by atoms with Crippen LogP contribution in [0.4, 0.5) is 11.6 Å². The Hall–Kier alpha value is -2.95. The van der Waals surface area contributed by atoms with E-state index in [1.807, 2.05) is 12.5 Å². The van der Waals surface area contributed by atoms with Gasteiger partial charge in [0.05, 0.1) is 29.2 Å². The third-order valence-electron chi connectivity index (χ3n) is 6.77. The van der Waals surface area contributed by atoms with Crippen molar-refractivity contribution in [3.8, 4) is 0 Å². The van der Waals surface area contributed by atoms with Crippen molar-refractivity contribution in [2.24, 2.45) is 0 Å².